The lowest BCUT2D eigenvalue weighted by Gasteiger charge is -2.16. The van der Waals surface area contributed by atoms with Gasteiger partial charge in [0.1, 0.15) is 0 Å². The average Bonchev–Trinajstić information content (AvgIpc) is 3.07. The van der Waals surface area contributed by atoms with Crippen LogP contribution >= 0.6 is 0 Å². The third kappa shape index (κ3) is 2.58. The molecule has 0 spiro atoms. The summed E-state index contributed by atoms with van der Waals surface area (Å²) in [5.74, 6) is 0. The Bertz CT molecular complexity index is 1160. The SMILES string of the molecule is Nc1ccc(-c2c(-c3cccc(N)c3)ccc3c2Cc2ccccc2-3)cc1. The summed E-state index contributed by atoms with van der Waals surface area (Å²) in [6.07, 6.45) is 0.946. The molecule has 0 heterocycles. The second kappa shape index (κ2) is 6.03. The summed E-state index contributed by atoms with van der Waals surface area (Å²) in [5.41, 5.74) is 23.8. The van der Waals surface area contributed by atoms with E-state index in [0.717, 1.165) is 23.4 Å². The number of nitrogens with two attached hydrogens (primary N) is 2. The van der Waals surface area contributed by atoms with Crippen LogP contribution < -0.4 is 11.5 Å². The summed E-state index contributed by atoms with van der Waals surface area (Å²) in [5, 5.41) is 0. The van der Waals surface area contributed by atoms with Crippen LogP contribution in [0.5, 0.6) is 0 Å². The lowest BCUT2D eigenvalue weighted by atomic mass is 9.88. The van der Waals surface area contributed by atoms with Crippen LogP contribution in [0.15, 0.2) is 84.9 Å². The molecule has 0 radical (unpaired) electrons. The number of hydrogen-bond donors (Lipinski definition) is 2. The maximum Gasteiger partial charge on any atom is 0.0320 e. The normalized spacial score (nSPS) is 11.9. The number of benzene rings is 4. The van der Waals surface area contributed by atoms with Gasteiger partial charge in [-0.3, -0.25) is 0 Å². The maximum absolute atomic E-state index is 6.07. The van der Waals surface area contributed by atoms with Gasteiger partial charge in [-0.25, -0.2) is 0 Å². The largest absolute Gasteiger partial charge is 0.399 e. The summed E-state index contributed by atoms with van der Waals surface area (Å²) >= 11 is 0. The second-order valence-corrected chi connectivity index (χ2v) is 7.10. The van der Waals surface area contributed by atoms with Crippen LogP contribution in [0.25, 0.3) is 33.4 Å². The lowest BCUT2D eigenvalue weighted by molar-refractivity contribution is 1.26. The Labute approximate surface area is 159 Å². The zero-order valence-corrected chi connectivity index (χ0v) is 14.9. The van der Waals surface area contributed by atoms with Gasteiger partial charge in [-0.05, 0) is 75.2 Å². The third-order valence-electron chi connectivity index (χ3n) is 5.38. The maximum atomic E-state index is 6.07. The highest BCUT2D eigenvalue weighted by molar-refractivity contribution is 5.94. The van der Waals surface area contributed by atoms with Crippen molar-refractivity contribution >= 4 is 11.4 Å². The molecule has 4 aromatic rings. The predicted octanol–water partition coefficient (Wildman–Crippen LogP) is 5.76. The number of nitrogen functional groups attached to an aromatic ring is 2. The van der Waals surface area contributed by atoms with Gasteiger partial charge in [0.05, 0.1) is 0 Å². The molecular weight excluding hydrogens is 328 g/mol. The Morgan fingerprint density at radius 1 is 0.556 bits per heavy atom. The fourth-order valence-corrected chi connectivity index (χ4v) is 4.14. The second-order valence-electron chi connectivity index (χ2n) is 7.10. The number of hydrogen-bond acceptors (Lipinski definition) is 2. The lowest BCUT2D eigenvalue weighted by Crippen LogP contribution is -1.94. The van der Waals surface area contributed by atoms with E-state index in [1.165, 1.54) is 38.9 Å². The van der Waals surface area contributed by atoms with Crippen LogP contribution in [0.3, 0.4) is 0 Å². The topological polar surface area (TPSA) is 52.0 Å². The molecule has 0 aromatic heterocycles. The van der Waals surface area contributed by atoms with E-state index < -0.39 is 0 Å². The molecule has 0 bridgehead atoms. The number of rotatable bonds is 2. The van der Waals surface area contributed by atoms with Crippen LogP contribution in [-0.2, 0) is 6.42 Å². The first-order valence-electron chi connectivity index (χ1n) is 9.17. The Hall–Kier alpha value is -3.52. The summed E-state index contributed by atoms with van der Waals surface area (Å²) < 4.78 is 0. The molecule has 0 fully saturated rings. The van der Waals surface area contributed by atoms with Crippen molar-refractivity contribution in [1.29, 1.82) is 0 Å². The van der Waals surface area contributed by atoms with E-state index in [4.69, 9.17) is 11.5 Å². The molecule has 0 unspecified atom stereocenters. The third-order valence-corrected chi connectivity index (χ3v) is 5.38. The zero-order valence-electron chi connectivity index (χ0n) is 14.9. The minimum atomic E-state index is 0.777. The van der Waals surface area contributed by atoms with Crippen molar-refractivity contribution in [1.82, 2.24) is 0 Å². The molecule has 0 atom stereocenters. The van der Waals surface area contributed by atoms with Gasteiger partial charge in [-0.15, -0.1) is 0 Å². The molecule has 4 N–H and O–H groups in total. The van der Waals surface area contributed by atoms with Crippen molar-refractivity contribution in [3.63, 3.8) is 0 Å². The van der Waals surface area contributed by atoms with E-state index in [0.29, 0.717) is 0 Å². The Kier molecular flexibility index (Phi) is 3.51. The van der Waals surface area contributed by atoms with Gasteiger partial charge in [0.25, 0.3) is 0 Å². The van der Waals surface area contributed by atoms with Gasteiger partial charge < -0.3 is 11.5 Å². The monoisotopic (exact) mass is 348 g/mol. The van der Waals surface area contributed by atoms with E-state index in [2.05, 4.69) is 54.6 Å². The predicted molar refractivity (Wildman–Crippen MR) is 114 cm³/mol. The van der Waals surface area contributed by atoms with Gasteiger partial charge in [-0.2, -0.15) is 0 Å². The molecule has 2 heteroatoms. The molecule has 5 rings (SSSR count). The van der Waals surface area contributed by atoms with Crippen LogP contribution in [0, 0.1) is 0 Å². The van der Waals surface area contributed by atoms with Crippen molar-refractivity contribution in [2.45, 2.75) is 6.42 Å². The van der Waals surface area contributed by atoms with Gasteiger partial charge in [0.15, 0.2) is 0 Å². The Balaban J connectivity index is 1.80. The van der Waals surface area contributed by atoms with Gasteiger partial charge >= 0.3 is 0 Å². The molecule has 0 aliphatic heterocycles. The Morgan fingerprint density at radius 2 is 1.33 bits per heavy atom. The molecule has 2 nitrogen and oxygen atoms in total. The summed E-state index contributed by atoms with van der Waals surface area (Å²) in [6, 6.07) is 29.4. The molecule has 1 aliphatic rings. The average molecular weight is 348 g/mol. The highest BCUT2D eigenvalue weighted by Gasteiger charge is 2.24. The Morgan fingerprint density at radius 3 is 2.15 bits per heavy atom. The zero-order chi connectivity index (χ0) is 18.4. The summed E-state index contributed by atoms with van der Waals surface area (Å²) in [7, 11) is 0. The van der Waals surface area contributed by atoms with E-state index in [-0.39, 0.29) is 0 Å². The smallest absolute Gasteiger partial charge is 0.0320 e. The van der Waals surface area contributed by atoms with E-state index >= 15 is 0 Å². The fraction of sp³-hybridized carbons (Fsp3) is 0.0400. The van der Waals surface area contributed by atoms with Crippen LogP contribution in [-0.4, -0.2) is 0 Å². The van der Waals surface area contributed by atoms with Crippen molar-refractivity contribution < 1.29 is 0 Å². The van der Waals surface area contributed by atoms with Crippen molar-refractivity contribution in [2.24, 2.45) is 0 Å². The number of anilines is 2. The highest BCUT2D eigenvalue weighted by Crippen LogP contribution is 2.46. The fourth-order valence-electron chi connectivity index (χ4n) is 4.14. The first-order valence-corrected chi connectivity index (χ1v) is 9.17. The molecule has 0 saturated heterocycles. The first-order chi connectivity index (χ1) is 13.2. The molecule has 1 aliphatic carbocycles. The summed E-state index contributed by atoms with van der Waals surface area (Å²) in [6.45, 7) is 0. The van der Waals surface area contributed by atoms with Gasteiger partial charge in [0, 0.05) is 11.4 Å². The molecule has 0 saturated carbocycles. The van der Waals surface area contributed by atoms with Crippen molar-refractivity contribution in [3.8, 4) is 33.4 Å². The van der Waals surface area contributed by atoms with E-state index in [1.807, 2.05) is 30.3 Å². The minimum Gasteiger partial charge on any atom is -0.399 e. The van der Waals surface area contributed by atoms with Crippen molar-refractivity contribution in [2.75, 3.05) is 11.5 Å². The van der Waals surface area contributed by atoms with Crippen molar-refractivity contribution in [3.05, 3.63) is 96.1 Å². The van der Waals surface area contributed by atoms with Crippen LogP contribution in [0.2, 0.25) is 0 Å². The van der Waals surface area contributed by atoms with Gasteiger partial charge in [-0.1, -0.05) is 60.7 Å². The molecular formula is C25H20N2. The summed E-state index contributed by atoms with van der Waals surface area (Å²) in [4.78, 5) is 0. The molecule has 4 aromatic carbocycles. The molecule has 130 valence electrons. The van der Waals surface area contributed by atoms with Gasteiger partial charge in [0.2, 0.25) is 0 Å². The van der Waals surface area contributed by atoms with Crippen LogP contribution in [0.1, 0.15) is 11.1 Å². The standard InChI is InChI=1S/C25H20N2/c26-19-10-8-16(9-11-19)25-22(17-5-3-6-20(27)14-17)12-13-23-21-7-2-1-4-18(21)15-24(23)25/h1-14H,15,26-27H2. The number of fused-ring (bicyclic) bond motifs is 3. The quantitative estimate of drug-likeness (QED) is 0.399. The highest BCUT2D eigenvalue weighted by atomic mass is 14.5. The van der Waals surface area contributed by atoms with E-state index in [1.54, 1.807) is 0 Å². The molecule has 0 amide bonds. The van der Waals surface area contributed by atoms with E-state index in [9.17, 15) is 0 Å². The minimum absolute atomic E-state index is 0.777. The molecule has 27 heavy (non-hydrogen) atoms. The first kappa shape index (κ1) is 15.7. The van der Waals surface area contributed by atoms with Crippen LogP contribution in [0.4, 0.5) is 11.4 Å².